The molecule has 3 aliphatic heterocycles. The van der Waals surface area contributed by atoms with E-state index in [0.717, 1.165) is 25.2 Å². The van der Waals surface area contributed by atoms with E-state index in [2.05, 4.69) is 40.0 Å². The monoisotopic (exact) mass is 579 g/mol. The van der Waals surface area contributed by atoms with Crippen molar-refractivity contribution < 1.29 is 29.0 Å². The number of ether oxygens (including phenoxy) is 2. The molecule has 1 spiro atoms. The summed E-state index contributed by atoms with van der Waals surface area (Å²) in [6.45, 7) is 8.34. The van der Waals surface area contributed by atoms with E-state index in [0.29, 0.717) is 31.5 Å². The van der Waals surface area contributed by atoms with Gasteiger partial charge in [0.2, 0.25) is 11.8 Å². The number of benzene rings is 1. The van der Waals surface area contributed by atoms with E-state index in [-0.39, 0.29) is 29.9 Å². The number of anilines is 2. The van der Waals surface area contributed by atoms with Gasteiger partial charge in [-0.05, 0) is 70.7 Å². The maximum absolute atomic E-state index is 13.9. The van der Waals surface area contributed by atoms with Gasteiger partial charge < -0.3 is 29.7 Å². The lowest BCUT2D eigenvalue weighted by molar-refractivity contribution is -0.154. The third kappa shape index (κ3) is 5.00. The molecule has 37 heavy (non-hydrogen) atoms. The number of aliphatic hydroxyl groups excluding tert-OH is 1. The molecule has 2 bridgehead atoms. The molecule has 9 nitrogen and oxygen atoms in total. The molecule has 1 aromatic carbocycles. The number of hydrogen-bond acceptors (Lipinski definition) is 7. The second-order valence-electron chi connectivity index (χ2n) is 9.94. The highest BCUT2D eigenvalue weighted by molar-refractivity contribution is 9.09. The number of halogens is 1. The lowest BCUT2D eigenvalue weighted by Gasteiger charge is -2.34. The molecular formula is C27H38BrN3O6. The van der Waals surface area contributed by atoms with Crippen molar-refractivity contribution in [3.63, 3.8) is 0 Å². The maximum atomic E-state index is 13.9. The van der Waals surface area contributed by atoms with Gasteiger partial charge in [-0.2, -0.15) is 0 Å². The Morgan fingerprint density at radius 1 is 1.19 bits per heavy atom. The number of esters is 1. The van der Waals surface area contributed by atoms with Crippen LogP contribution in [0.3, 0.4) is 0 Å². The molecule has 204 valence electrons. The minimum Gasteiger partial charge on any atom is -0.466 e. The fraction of sp³-hybridized carbons (Fsp3) is 0.667. The molecule has 0 aromatic heterocycles. The fourth-order valence-corrected chi connectivity index (χ4v) is 7.25. The Morgan fingerprint density at radius 3 is 2.51 bits per heavy atom. The first kappa shape index (κ1) is 27.9. The highest BCUT2D eigenvalue weighted by Crippen LogP contribution is 2.60. The molecule has 1 aromatic rings. The first-order chi connectivity index (χ1) is 17.8. The normalized spacial score (nSPS) is 29.9. The predicted octanol–water partition coefficient (Wildman–Crippen LogP) is 2.95. The van der Waals surface area contributed by atoms with Crippen LogP contribution in [0.2, 0.25) is 0 Å². The highest BCUT2D eigenvalue weighted by Gasteiger charge is 2.76. The van der Waals surface area contributed by atoms with Gasteiger partial charge in [0.15, 0.2) is 0 Å². The second kappa shape index (κ2) is 11.7. The third-order valence-corrected chi connectivity index (χ3v) is 8.76. The van der Waals surface area contributed by atoms with Crippen molar-refractivity contribution in [2.75, 3.05) is 43.1 Å². The number of carbonyl (C=O) groups is 3. The van der Waals surface area contributed by atoms with Crippen LogP contribution in [0.5, 0.6) is 0 Å². The smallest absolute Gasteiger partial charge is 0.312 e. The summed E-state index contributed by atoms with van der Waals surface area (Å²) in [7, 11) is 0. The number of fused-ring (bicyclic) bond motifs is 1. The summed E-state index contributed by atoms with van der Waals surface area (Å²) in [5.41, 5.74) is 0.606. The number of alkyl halides is 1. The zero-order valence-corrected chi connectivity index (χ0v) is 23.4. The maximum Gasteiger partial charge on any atom is 0.312 e. The summed E-state index contributed by atoms with van der Waals surface area (Å²) in [6, 6.07) is 6.80. The van der Waals surface area contributed by atoms with Crippen LogP contribution in [0, 0.1) is 11.8 Å². The van der Waals surface area contributed by atoms with Crippen LogP contribution in [0.4, 0.5) is 11.4 Å². The Labute approximate surface area is 227 Å². The van der Waals surface area contributed by atoms with Crippen LogP contribution in [-0.4, -0.2) is 83.2 Å². The Balaban J connectivity index is 1.62. The van der Waals surface area contributed by atoms with Gasteiger partial charge in [-0.15, -0.1) is 0 Å². The minimum absolute atomic E-state index is 0.0783. The van der Waals surface area contributed by atoms with E-state index in [4.69, 9.17) is 14.6 Å². The topological polar surface area (TPSA) is 108 Å². The van der Waals surface area contributed by atoms with Crippen LogP contribution >= 0.6 is 15.9 Å². The molecule has 10 heteroatoms. The van der Waals surface area contributed by atoms with Crippen molar-refractivity contribution in [2.45, 2.75) is 69.0 Å². The molecule has 0 saturated carbocycles. The molecule has 2 amide bonds. The van der Waals surface area contributed by atoms with E-state index in [1.807, 2.05) is 24.3 Å². The van der Waals surface area contributed by atoms with Crippen LogP contribution in [0.25, 0.3) is 0 Å². The molecule has 3 heterocycles. The fourth-order valence-electron chi connectivity index (χ4n) is 6.30. The molecular weight excluding hydrogens is 542 g/mol. The number of nitrogens with zero attached hydrogens (tertiary/aromatic N) is 2. The summed E-state index contributed by atoms with van der Waals surface area (Å²) in [6.07, 6.45) is 1.93. The molecule has 0 radical (unpaired) electrons. The van der Waals surface area contributed by atoms with Crippen molar-refractivity contribution in [1.29, 1.82) is 0 Å². The van der Waals surface area contributed by atoms with E-state index in [1.165, 1.54) is 0 Å². The van der Waals surface area contributed by atoms with Crippen molar-refractivity contribution in [3.8, 4) is 0 Å². The lowest BCUT2D eigenvalue weighted by Crippen LogP contribution is -2.54. The van der Waals surface area contributed by atoms with Gasteiger partial charge in [0.1, 0.15) is 11.6 Å². The first-order valence-electron chi connectivity index (χ1n) is 13.4. The number of rotatable bonds is 12. The molecule has 3 fully saturated rings. The molecule has 3 aliphatic rings. The Kier molecular flexibility index (Phi) is 8.81. The zero-order valence-electron chi connectivity index (χ0n) is 21.8. The zero-order chi connectivity index (χ0) is 26.7. The van der Waals surface area contributed by atoms with E-state index in [1.54, 1.807) is 11.8 Å². The van der Waals surface area contributed by atoms with Crippen LogP contribution in [-0.2, 0) is 23.9 Å². The van der Waals surface area contributed by atoms with Crippen molar-refractivity contribution in [1.82, 2.24) is 4.90 Å². The van der Waals surface area contributed by atoms with Crippen molar-refractivity contribution >= 4 is 45.1 Å². The van der Waals surface area contributed by atoms with E-state index >= 15 is 0 Å². The summed E-state index contributed by atoms with van der Waals surface area (Å²) in [5.74, 6) is -2.52. The largest absolute Gasteiger partial charge is 0.466 e. The number of nitrogens with one attached hydrogen (secondary N) is 1. The molecule has 6 atom stereocenters. The van der Waals surface area contributed by atoms with Gasteiger partial charge in [-0.25, -0.2) is 0 Å². The Morgan fingerprint density at radius 2 is 1.89 bits per heavy atom. The highest BCUT2D eigenvalue weighted by atomic mass is 79.9. The summed E-state index contributed by atoms with van der Waals surface area (Å²) in [4.78, 5) is 44.3. The number of hydrogen-bond donors (Lipinski definition) is 2. The average Bonchev–Trinajstić information content (AvgIpc) is 3.47. The van der Waals surface area contributed by atoms with E-state index < -0.39 is 35.6 Å². The summed E-state index contributed by atoms with van der Waals surface area (Å²) >= 11 is 3.65. The van der Waals surface area contributed by atoms with Crippen LogP contribution in [0.15, 0.2) is 24.3 Å². The van der Waals surface area contributed by atoms with Gasteiger partial charge in [0.25, 0.3) is 0 Å². The molecule has 0 aliphatic carbocycles. The quantitative estimate of drug-likeness (QED) is 0.222. The van der Waals surface area contributed by atoms with Gasteiger partial charge in [0, 0.05) is 42.4 Å². The number of likely N-dealkylation sites (tertiary alicyclic amines) is 1. The third-order valence-electron chi connectivity index (χ3n) is 7.92. The first-order valence-corrected chi connectivity index (χ1v) is 14.3. The standard InChI is InChI=1S/C27H38BrN3O6/c1-4-30(5-2)18-12-10-17(11-13-18)29-24(33)23-27-16-19(28)22(37-27)20(26(35)36-6-3)21(27)25(34)31(23)14-8-7-9-15-32/h10-13,19-23,32H,4-9,14-16H2,1-3H3,(H,29,33)/t19?,20-,21+,22-,23-,27+/m0/s1. The summed E-state index contributed by atoms with van der Waals surface area (Å²) < 4.78 is 11.8. The second-order valence-corrected chi connectivity index (χ2v) is 11.1. The molecule has 1 unspecified atom stereocenters. The van der Waals surface area contributed by atoms with Gasteiger partial charge in [-0.3, -0.25) is 14.4 Å². The van der Waals surface area contributed by atoms with Crippen molar-refractivity contribution in [3.05, 3.63) is 24.3 Å². The number of amides is 2. The number of aliphatic hydroxyl groups is 1. The molecule has 4 rings (SSSR count). The average molecular weight is 581 g/mol. The minimum atomic E-state index is -1.10. The summed E-state index contributed by atoms with van der Waals surface area (Å²) in [5, 5.41) is 12.2. The van der Waals surface area contributed by atoms with Crippen LogP contribution < -0.4 is 10.2 Å². The van der Waals surface area contributed by atoms with Crippen molar-refractivity contribution in [2.24, 2.45) is 11.8 Å². The number of unbranched alkanes of at least 4 members (excludes halogenated alkanes) is 2. The van der Waals surface area contributed by atoms with E-state index in [9.17, 15) is 14.4 Å². The lowest BCUT2D eigenvalue weighted by atomic mass is 9.70. The SMILES string of the molecule is CCOC(=O)[C@@H]1[C@H]2O[C@@]3(CC2Br)[C@H](C(=O)Nc2ccc(N(CC)CC)cc2)N(CCCCCO)C(=O)[C@@H]13. The Hall–Kier alpha value is -2.17. The Bertz CT molecular complexity index is 987. The molecule has 2 N–H and O–H groups in total. The predicted molar refractivity (Wildman–Crippen MR) is 144 cm³/mol. The molecule has 3 saturated heterocycles. The van der Waals surface area contributed by atoms with Gasteiger partial charge in [-0.1, -0.05) is 15.9 Å². The van der Waals surface area contributed by atoms with Crippen LogP contribution in [0.1, 0.15) is 46.5 Å². The van der Waals surface area contributed by atoms with Gasteiger partial charge >= 0.3 is 5.97 Å². The van der Waals surface area contributed by atoms with Gasteiger partial charge in [0.05, 0.1) is 24.5 Å². The number of carbonyl (C=O) groups excluding carboxylic acids is 3.